The van der Waals surface area contributed by atoms with Gasteiger partial charge in [0.1, 0.15) is 11.6 Å². The van der Waals surface area contributed by atoms with Crippen LogP contribution in [0, 0.1) is 13.8 Å². The maximum Gasteiger partial charge on any atom is 0.254 e. The first kappa shape index (κ1) is 22.4. The summed E-state index contributed by atoms with van der Waals surface area (Å²) in [5.41, 5.74) is 3.79. The Hall–Kier alpha value is -3.81. The predicted molar refractivity (Wildman–Crippen MR) is 125 cm³/mol. The van der Waals surface area contributed by atoms with E-state index in [1.165, 1.54) is 0 Å². The number of H-pyrrole nitrogens is 1. The molecule has 0 fully saturated rings. The zero-order valence-electron chi connectivity index (χ0n) is 19.2. The van der Waals surface area contributed by atoms with Crippen molar-refractivity contribution in [3.8, 4) is 5.75 Å². The molecule has 0 saturated heterocycles. The summed E-state index contributed by atoms with van der Waals surface area (Å²) in [5, 5.41) is 14.5. The number of aromatic amines is 1. The molecule has 4 aromatic rings. The molecule has 8 nitrogen and oxygen atoms in total. The highest BCUT2D eigenvalue weighted by Gasteiger charge is 2.22. The van der Waals surface area contributed by atoms with Crippen LogP contribution in [0.2, 0.25) is 0 Å². The second-order valence-corrected chi connectivity index (χ2v) is 8.11. The summed E-state index contributed by atoms with van der Waals surface area (Å²) >= 11 is 0. The SMILES string of the molecule is CCCCc1nc(C)cc(=O)n1Cc1ccc(OC(c2nn[nH]n2)c2ccccc2C)cc1. The third-order valence-electron chi connectivity index (χ3n) is 5.55. The third-order valence-corrected chi connectivity index (χ3v) is 5.55. The Morgan fingerprint density at radius 3 is 2.58 bits per heavy atom. The fourth-order valence-corrected chi connectivity index (χ4v) is 3.78. The van der Waals surface area contributed by atoms with Crippen LogP contribution >= 0.6 is 0 Å². The van der Waals surface area contributed by atoms with E-state index in [2.05, 4.69) is 32.5 Å². The van der Waals surface area contributed by atoms with Crippen molar-refractivity contribution >= 4 is 0 Å². The Morgan fingerprint density at radius 1 is 1.09 bits per heavy atom. The lowest BCUT2D eigenvalue weighted by molar-refractivity contribution is 0.236. The lowest BCUT2D eigenvalue weighted by Crippen LogP contribution is -2.25. The first-order valence-corrected chi connectivity index (χ1v) is 11.2. The topological polar surface area (TPSA) is 98.6 Å². The van der Waals surface area contributed by atoms with Crippen LogP contribution in [0.15, 0.2) is 59.4 Å². The van der Waals surface area contributed by atoms with Gasteiger partial charge in [-0.3, -0.25) is 9.36 Å². The molecule has 0 aliphatic rings. The smallest absolute Gasteiger partial charge is 0.254 e. The molecule has 1 unspecified atom stereocenters. The Labute approximate surface area is 192 Å². The molecule has 1 N–H and O–H groups in total. The fourth-order valence-electron chi connectivity index (χ4n) is 3.78. The Kier molecular flexibility index (Phi) is 6.92. The first-order chi connectivity index (χ1) is 16.0. The van der Waals surface area contributed by atoms with Crippen LogP contribution in [-0.2, 0) is 13.0 Å². The van der Waals surface area contributed by atoms with Crippen molar-refractivity contribution in [3.63, 3.8) is 0 Å². The third kappa shape index (κ3) is 5.34. The zero-order valence-corrected chi connectivity index (χ0v) is 19.2. The molecule has 8 heteroatoms. The van der Waals surface area contributed by atoms with Crippen molar-refractivity contribution in [2.24, 2.45) is 0 Å². The van der Waals surface area contributed by atoms with Crippen LogP contribution in [0.1, 0.15) is 59.9 Å². The number of unbranched alkanes of at least 4 members (excludes halogenated alkanes) is 1. The molecule has 1 atom stereocenters. The lowest BCUT2D eigenvalue weighted by Gasteiger charge is -2.19. The van der Waals surface area contributed by atoms with Crippen LogP contribution in [0.4, 0.5) is 0 Å². The van der Waals surface area contributed by atoms with Crippen LogP contribution in [0.5, 0.6) is 5.75 Å². The number of hydrogen-bond donors (Lipinski definition) is 1. The molecular formula is C25H28N6O2. The van der Waals surface area contributed by atoms with E-state index in [9.17, 15) is 4.79 Å². The maximum absolute atomic E-state index is 12.6. The molecule has 170 valence electrons. The average Bonchev–Trinajstić information content (AvgIpc) is 3.34. The van der Waals surface area contributed by atoms with E-state index >= 15 is 0 Å². The molecule has 0 bridgehead atoms. The monoisotopic (exact) mass is 444 g/mol. The zero-order chi connectivity index (χ0) is 23.2. The summed E-state index contributed by atoms with van der Waals surface area (Å²) in [5.74, 6) is 1.97. The van der Waals surface area contributed by atoms with E-state index in [0.29, 0.717) is 18.1 Å². The minimum atomic E-state index is -0.486. The number of aryl methyl sites for hydroxylation is 3. The molecule has 0 radical (unpaired) electrons. The number of hydrogen-bond acceptors (Lipinski definition) is 6. The van der Waals surface area contributed by atoms with Crippen molar-refractivity contribution in [3.05, 3.63) is 99.0 Å². The molecular weight excluding hydrogens is 416 g/mol. The highest BCUT2D eigenvalue weighted by atomic mass is 16.5. The number of rotatable bonds is 9. The van der Waals surface area contributed by atoms with Crippen LogP contribution in [0.25, 0.3) is 0 Å². The molecule has 4 rings (SSSR count). The Bertz CT molecular complexity index is 1250. The summed E-state index contributed by atoms with van der Waals surface area (Å²) in [4.78, 5) is 17.2. The number of nitrogens with zero attached hydrogens (tertiary/aromatic N) is 5. The van der Waals surface area contributed by atoms with Crippen LogP contribution in [-0.4, -0.2) is 30.2 Å². The molecule has 2 aromatic heterocycles. The lowest BCUT2D eigenvalue weighted by atomic mass is 10.0. The molecule has 33 heavy (non-hydrogen) atoms. The van der Waals surface area contributed by atoms with Crippen molar-refractivity contribution < 1.29 is 4.74 Å². The molecule has 2 heterocycles. The van der Waals surface area contributed by atoms with Gasteiger partial charge in [0.2, 0.25) is 5.82 Å². The van der Waals surface area contributed by atoms with Gasteiger partial charge >= 0.3 is 0 Å². The van der Waals surface area contributed by atoms with Crippen molar-refractivity contribution in [1.29, 1.82) is 0 Å². The van der Waals surface area contributed by atoms with Gasteiger partial charge in [-0.15, -0.1) is 10.2 Å². The summed E-state index contributed by atoms with van der Waals surface area (Å²) in [7, 11) is 0. The van der Waals surface area contributed by atoms with E-state index in [1.54, 1.807) is 10.6 Å². The first-order valence-electron chi connectivity index (χ1n) is 11.2. The van der Waals surface area contributed by atoms with E-state index < -0.39 is 6.10 Å². The minimum Gasteiger partial charge on any atom is -0.478 e. The Balaban J connectivity index is 1.56. The molecule has 0 saturated carbocycles. The van der Waals surface area contributed by atoms with Crippen molar-refractivity contribution in [2.45, 2.75) is 52.7 Å². The summed E-state index contributed by atoms with van der Waals surface area (Å²) in [6, 6.07) is 17.3. The molecule has 0 aliphatic carbocycles. The molecule has 2 aromatic carbocycles. The quantitative estimate of drug-likeness (QED) is 0.420. The number of aromatic nitrogens is 6. The van der Waals surface area contributed by atoms with E-state index in [4.69, 9.17) is 4.74 Å². The summed E-state index contributed by atoms with van der Waals surface area (Å²) in [6.07, 6.45) is 2.36. The summed E-state index contributed by atoms with van der Waals surface area (Å²) < 4.78 is 8.04. The normalized spacial score (nSPS) is 12.0. The van der Waals surface area contributed by atoms with Gasteiger partial charge in [0.15, 0.2) is 6.10 Å². The van der Waals surface area contributed by atoms with E-state index in [1.807, 2.05) is 62.4 Å². The number of nitrogens with one attached hydrogen (secondary N) is 1. The number of ether oxygens (including phenoxy) is 1. The van der Waals surface area contributed by atoms with Gasteiger partial charge in [-0.2, -0.15) is 5.21 Å². The van der Waals surface area contributed by atoms with Gasteiger partial charge in [-0.1, -0.05) is 55.0 Å². The molecule has 0 amide bonds. The highest BCUT2D eigenvalue weighted by Crippen LogP contribution is 2.28. The average molecular weight is 445 g/mol. The van der Waals surface area contributed by atoms with Crippen LogP contribution < -0.4 is 10.3 Å². The van der Waals surface area contributed by atoms with Gasteiger partial charge in [0.05, 0.1) is 6.54 Å². The van der Waals surface area contributed by atoms with Gasteiger partial charge < -0.3 is 4.74 Å². The van der Waals surface area contributed by atoms with Gasteiger partial charge in [-0.05, 0) is 43.5 Å². The predicted octanol–water partition coefficient (Wildman–Crippen LogP) is 3.93. The van der Waals surface area contributed by atoms with Crippen molar-refractivity contribution in [2.75, 3.05) is 0 Å². The highest BCUT2D eigenvalue weighted by molar-refractivity contribution is 5.34. The van der Waals surface area contributed by atoms with Gasteiger partial charge in [0.25, 0.3) is 5.56 Å². The van der Waals surface area contributed by atoms with Crippen molar-refractivity contribution in [1.82, 2.24) is 30.2 Å². The van der Waals surface area contributed by atoms with Crippen LogP contribution in [0.3, 0.4) is 0 Å². The second-order valence-electron chi connectivity index (χ2n) is 8.11. The number of tetrazole rings is 1. The Morgan fingerprint density at radius 2 is 1.88 bits per heavy atom. The van der Waals surface area contributed by atoms with Gasteiger partial charge in [0, 0.05) is 23.7 Å². The van der Waals surface area contributed by atoms with E-state index in [-0.39, 0.29) is 5.56 Å². The number of benzene rings is 2. The maximum atomic E-state index is 12.6. The summed E-state index contributed by atoms with van der Waals surface area (Å²) in [6.45, 7) is 6.49. The molecule has 0 spiro atoms. The van der Waals surface area contributed by atoms with E-state index in [0.717, 1.165) is 47.5 Å². The second kappa shape index (κ2) is 10.2. The minimum absolute atomic E-state index is 0.0225. The molecule has 0 aliphatic heterocycles. The fraction of sp³-hybridized carbons (Fsp3) is 0.320. The van der Waals surface area contributed by atoms with Gasteiger partial charge in [-0.25, -0.2) is 4.98 Å². The standard InChI is InChI=1S/C25H28N6O2/c1-4-5-10-22-26-18(3)15-23(32)31(22)16-19-11-13-20(14-12-19)33-24(25-27-29-30-28-25)21-9-7-6-8-17(21)2/h6-9,11-15,24H,4-5,10,16H2,1-3H3,(H,27,28,29,30). The largest absolute Gasteiger partial charge is 0.478 e.